The summed E-state index contributed by atoms with van der Waals surface area (Å²) in [5.41, 5.74) is -0.435. The van der Waals surface area contributed by atoms with E-state index >= 15 is 0 Å². The van der Waals surface area contributed by atoms with E-state index in [1.165, 1.54) is 6.07 Å². The lowest BCUT2D eigenvalue weighted by Gasteiger charge is -2.42. The largest absolute Gasteiger partial charge is 0.460 e. The van der Waals surface area contributed by atoms with Gasteiger partial charge in [-0.3, -0.25) is 0 Å². The van der Waals surface area contributed by atoms with Crippen molar-refractivity contribution in [3.63, 3.8) is 0 Å². The Hall–Kier alpha value is -1.50. The fourth-order valence-electron chi connectivity index (χ4n) is 2.11. The molecule has 0 N–H and O–H groups in total. The summed E-state index contributed by atoms with van der Waals surface area (Å²) in [4.78, 5) is 0. The number of halogens is 18. The van der Waals surface area contributed by atoms with Gasteiger partial charge in [0, 0.05) is 9.66 Å². The van der Waals surface area contributed by atoms with Crippen LogP contribution >= 0.6 is 22.6 Å². The van der Waals surface area contributed by atoms with Crippen LogP contribution in [0.4, 0.5) is 74.6 Å². The van der Waals surface area contributed by atoms with Crippen molar-refractivity contribution < 1.29 is 74.6 Å². The molecule has 1 rings (SSSR count). The van der Waals surface area contributed by atoms with Crippen LogP contribution in [0.1, 0.15) is 5.56 Å². The lowest BCUT2D eigenvalue weighted by atomic mass is 9.89. The molecule has 0 heterocycles. The van der Waals surface area contributed by atoms with Crippen LogP contribution < -0.4 is 0 Å². The monoisotopic (exact) mass is 648 g/mol. The second-order valence-corrected chi connectivity index (χ2v) is 7.59. The second-order valence-electron chi connectivity index (χ2n) is 6.43. The van der Waals surface area contributed by atoms with Gasteiger partial charge in [0.15, 0.2) is 0 Å². The minimum absolute atomic E-state index is 0.435. The van der Waals surface area contributed by atoms with Crippen LogP contribution in [0.5, 0.6) is 0 Å². The first-order valence-electron chi connectivity index (χ1n) is 7.89. The number of hydrogen-bond acceptors (Lipinski definition) is 0. The van der Waals surface area contributed by atoms with Crippen LogP contribution in [0.25, 0.3) is 3.58 Å². The van der Waals surface area contributed by atoms with E-state index in [4.69, 9.17) is 0 Å². The summed E-state index contributed by atoms with van der Waals surface area (Å²) in [7, 11) is 0. The highest BCUT2D eigenvalue weighted by atomic mass is 127. The highest BCUT2D eigenvalue weighted by Crippen LogP contribution is 2.64. The quantitative estimate of drug-likeness (QED) is 0.196. The van der Waals surface area contributed by atoms with Crippen molar-refractivity contribution in [2.45, 2.75) is 47.6 Å². The van der Waals surface area contributed by atoms with Crippen LogP contribution in [-0.4, -0.2) is 47.6 Å². The summed E-state index contributed by atoms with van der Waals surface area (Å²) in [6.45, 7) is 0. The zero-order valence-corrected chi connectivity index (χ0v) is 17.4. The lowest BCUT2D eigenvalue weighted by Crippen LogP contribution is -2.74. The van der Waals surface area contributed by atoms with Crippen molar-refractivity contribution in [2.75, 3.05) is 0 Å². The summed E-state index contributed by atoms with van der Waals surface area (Å²) in [5.74, 6) is -56.4. The molecule has 0 bridgehead atoms. The summed E-state index contributed by atoms with van der Waals surface area (Å²) in [6.07, 6.45) is -8.92. The maximum absolute atomic E-state index is 13.9. The van der Waals surface area contributed by atoms with Gasteiger partial charge in [0.05, 0.1) is 0 Å². The van der Waals surface area contributed by atoms with Gasteiger partial charge in [-0.2, -0.15) is 74.6 Å². The van der Waals surface area contributed by atoms with Crippen LogP contribution in [0.2, 0.25) is 0 Å². The van der Waals surface area contributed by atoms with Gasteiger partial charge in [0.2, 0.25) is 0 Å². The molecule has 1 aromatic rings. The number of hydrogen-bond donors (Lipinski definition) is 0. The fraction of sp³-hybridized carbons (Fsp3) is 0.500. The molecule has 0 atom stereocenters. The third-order valence-corrected chi connectivity index (χ3v) is 5.04. The zero-order chi connectivity index (χ0) is 27.4. The Balaban J connectivity index is 3.65. The maximum atomic E-state index is 13.9. The Morgan fingerprint density at radius 2 is 0.824 bits per heavy atom. The molecule has 0 aliphatic carbocycles. The molecular formula is C16H6F17I. The van der Waals surface area contributed by atoms with E-state index in [1.54, 1.807) is 0 Å². The van der Waals surface area contributed by atoms with Crippen LogP contribution in [-0.2, 0) is 0 Å². The lowest BCUT2D eigenvalue weighted by molar-refractivity contribution is -0.459. The first kappa shape index (κ1) is 30.5. The number of alkyl halides is 17. The van der Waals surface area contributed by atoms with Gasteiger partial charge in [0.1, 0.15) is 0 Å². The molecule has 0 aliphatic rings. The minimum atomic E-state index is -8.63. The van der Waals surface area contributed by atoms with E-state index < -0.39 is 62.9 Å². The predicted molar refractivity (Wildman–Crippen MR) is 89.1 cm³/mol. The third-order valence-electron chi connectivity index (χ3n) is 4.10. The molecule has 0 spiro atoms. The molecule has 0 aliphatic heterocycles. The topological polar surface area (TPSA) is 0 Å². The van der Waals surface area contributed by atoms with Crippen molar-refractivity contribution >= 4 is 26.2 Å². The Bertz CT molecular complexity index is 898. The Morgan fingerprint density at radius 3 is 1.18 bits per heavy atom. The fourth-order valence-corrected chi connectivity index (χ4v) is 2.86. The average Bonchev–Trinajstić information content (AvgIpc) is 2.66. The second kappa shape index (κ2) is 8.56. The van der Waals surface area contributed by atoms with E-state index in [0.29, 0.717) is 0 Å². The van der Waals surface area contributed by atoms with Crippen LogP contribution in [0.15, 0.2) is 36.4 Å². The molecule has 18 heteroatoms. The highest BCUT2D eigenvalue weighted by molar-refractivity contribution is 14.1. The summed E-state index contributed by atoms with van der Waals surface area (Å²) < 4.78 is 223. The molecule has 0 aromatic heterocycles. The minimum Gasteiger partial charge on any atom is -0.195 e. The Kier molecular flexibility index (Phi) is 7.69. The van der Waals surface area contributed by atoms with Crippen LogP contribution in [0.3, 0.4) is 0 Å². The van der Waals surface area contributed by atoms with Crippen molar-refractivity contribution in [3.05, 3.63) is 42.0 Å². The SMILES string of the molecule is FC(F)(F)C(F)(F)C(F)(F)C(F)(F)C(F)(F)C(F)(F)C(F)(F)C(F)(F)/C=C(/I)c1ccccc1. The van der Waals surface area contributed by atoms with E-state index in [9.17, 15) is 74.6 Å². The number of benzene rings is 1. The summed E-state index contributed by atoms with van der Waals surface area (Å²) in [6, 6.07) is 5.21. The van der Waals surface area contributed by atoms with Gasteiger partial charge in [-0.1, -0.05) is 30.3 Å². The highest BCUT2D eigenvalue weighted by Gasteiger charge is 2.95. The summed E-state index contributed by atoms with van der Waals surface area (Å²) in [5, 5.41) is 0. The summed E-state index contributed by atoms with van der Waals surface area (Å²) >= 11 is 0.793. The maximum Gasteiger partial charge on any atom is 0.460 e. The zero-order valence-electron chi connectivity index (χ0n) is 15.3. The smallest absolute Gasteiger partial charge is 0.195 e. The number of allylic oxidation sites excluding steroid dienone is 1. The van der Waals surface area contributed by atoms with Crippen molar-refractivity contribution in [2.24, 2.45) is 0 Å². The van der Waals surface area contributed by atoms with Gasteiger partial charge >= 0.3 is 47.6 Å². The van der Waals surface area contributed by atoms with Gasteiger partial charge < -0.3 is 0 Å². The van der Waals surface area contributed by atoms with E-state index in [0.717, 1.165) is 46.9 Å². The molecule has 196 valence electrons. The number of rotatable bonds is 8. The molecule has 0 fully saturated rings. The molecule has 0 saturated carbocycles. The molecule has 1 aromatic carbocycles. The Labute approximate surface area is 190 Å². The van der Waals surface area contributed by atoms with Crippen molar-refractivity contribution in [1.82, 2.24) is 0 Å². The van der Waals surface area contributed by atoms with Crippen molar-refractivity contribution in [1.29, 1.82) is 0 Å². The van der Waals surface area contributed by atoms with Crippen LogP contribution in [0, 0.1) is 0 Å². The normalized spacial score (nSPS) is 16.1. The molecule has 0 amide bonds. The van der Waals surface area contributed by atoms with Gasteiger partial charge in [-0.25, -0.2) is 0 Å². The Morgan fingerprint density at radius 1 is 0.500 bits per heavy atom. The van der Waals surface area contributed by atoms with Gasteiger partial charge in [-0.05, 0) is 28.2 Å². The van der Waals surface area contributed by atoms with E-state index in [-0.39, 0.29) is 0 Å². The molecule has 0 unspecified atom stereocenters. The third kappa shape index (κ3) is 4.31. The van der Waals surface area contributed by atoms with Crippen molar-refractivity contribution in [3.8, 4) is 0 Å². The standard InChI is InChI=1S/C16H6F17I/c17-9(18,6-8(34)7-4-2-1-3-5-7)10(19,20)11(21,22)12(23,24)13(25,26)14(27,28)15(29,30)16(31,32)33/h1-6H/b8-6+. The first-order chi connectivity index (χ1) is 14.7. The molecule has 0 saturated heterocycles. The van der Waals surface area contributed by atoms with E-state index in [2.05, 4.69) is 0 Å². The first-order valence-corrected chi connectivity index (χ1v) is 8.97. The molecule has 0 radical (unpaired) electrons. The average molecular weight is 648 g/mol. The van der Waals surface area contributed by atoms with Gasteiger partial charge in [-0.15, -0.1) is 0 Å². The van der Waals surface area contributed by atoms with E-state index in [1.807, 2.05) is 0 Å². The van der Waals surface area contributed by atoms with Gasteiger partial charge in [0.25, 0.3) is 0 Å². The molecular weight excluding hydrogens is 642 g/mol. The predicted octanol–water partition coefficient (Wildman–Crippen LogP) is 8.47. The molecule has 0 nitrogen and oxygen atoms in total. The molecule has 34 heavy (non-hydrogen) atoms.